The van der Waals surface area contributed by atoms with Crippen molar-refractivity contribution in [3.05, 3.63) is 54.1 Å². The van der Waals surface area contributed by atoms with Crippen LogP contribution in [0.15, 0.2) is 47.7 Å². The molecule has 4 rings (SSSR count). The second kappa shape index (κ2) is 5.86. The molecule has 2 aliphatic rings. The quantitative estimate of drug-likeness (QED) is 0.910. The van der Waals surface area contributed by atoms with Gasteiger partial charge in [0.25, 0.3) is 0 Å². The van der Waals surface area contributed by atoms with E-state index in [9.17, 15) is 4.39 Å². The Hall–Kier alpha value is -1.92. The summed E-state index contributed by atoms with van der Waals surface area (Å²) in [5.41, 5.74) is 7.66. The maximum atomic E-state index is 14.8. The van der Waals surface area contributed by atoms with Crippen LogP contribution in [0.1, 0.15) is 12.5 Å². The van der Waals surface area contributed by atoms with Gasteiger partial charge < -0.3 is 10.5 Å². The third kappa shape index (κ3) is 2.41. The van der Waals surface area contributed by atoms with Crippen LogP contribution in [0.2, 0.25) is 0 Å². The van der Waals surface area contributed by atoms with Crippen molar-refractivity contribution in [3.63, 3.8) is 0 Å². The Bertz CT molecular complexity index is 798. The highest BCUT2D eigenvalue weighted by Crippen LogP contribution is 2.48. The zero-order chi connectivity index (χ0) is 16.7. The van der Waals surface area contributed by atoms with Gasteiger partial charge in [0.05, 0.1) is 12.7 Å². The highest BCUT2D eigenvalue weighted by atomic mass is 32.2. The smallest absolute Gasteiger partial charge is 0.154 e. The van der Waals surface area contributed by atoms with Gasteiger partial charge in [0.2, 0.25) is 0 Å². The number of ether oxygens (including phenoxy) is 1. The van der Waals surface area contributed by atoms with Gasteiger partial charge in [0.15, 0.2) is 5.17 Å². The number of amidine groups is 1. The van der Waals surface area contributed by atoms with E-state index in [-0.39, 0.29) is 17.8 Å². The number of hydrogen-bond donors (Lipinski definition) is 1. The van der Waals surface area contributed by atoms with Crippen LogP contribution >= 0.6 is 11.8 Å². The Kier molecular flexibility index (Phi) is 3.81. The first-order valence-electron chi connectivity index (χ1n) is 7.90. The topological polar surface area (TPSA) is 60.5 Å². The summed E-state index contributed by atoms with van der Waals surface area (Å²) < 4.78 is 20.6. The number of fused-ring (bicyclic) bond motifs is 1. The lowest BCUT2D eigenvalue weighted by molar-refractivity contribution is 0.107. The molecule has 0 spiro atoms. The van der Waals surface area contributed by atoms with Crippen LogP contribution in [0.25, 0.3) is 11.1 Å². The van der Waals surface area contributed by atoms with E-state index in [0.717, 1.165) is 16.9 Å². The van der Waals surface area contributed by atoms with Crippen LogP contribution < -0.4 is 5.73 Å². The van der Waals surface area contributed by atoms with Gasteiger partial charge in [-0.1, -0.05) is 23.9 Å². The maximum absolute atomic E-state index is 14.8. The number of rotatable bonds is 2. The number of benzene rings is 1. The molecular formula is C18H18FN3OS. The molecule has 0 amide bonds. The predicted molar refractivity (Wildman–Crippen MR) is 94.3 cm³/mol. The van der Waals surface area contributed by atoms with Gasteiger partial charge in [-0.05, 0) is 30.7 Å². The number of hydrogen-bond acceptors (Lipinski definition) is 5. The first kappa shape index (κ1) is 15.6. The monoisotopic (exact) mass is 343 g/mol. The van der Waals surface area contributed by atoms with Crippen LogP contribution in [0, 0.1) is 11.7 Å². The number of nitrogens with zero attached hydrogens (tertiary/aromatic N) is 2. The Morgan fingerprint density at radius 2 is 2.21 bits per heavy atom. The van der Waals surface area contributed by atoms with Crippen LogP contribution in [0.3, 0.4) is 0 Å². The summed E-state index contributed by atoms with van der Waals surface area (Å²) in [7, 11) is 0. The molecule has 2 aliphatic heterocycles. The zero-order valence-electron chi connectivity index (χ0n) is 13.3. The molecule has 2 N–H and O–H groups in total. The van der Waals surface area contributed by atoms with Gasteiger partial charge in [-0.2, -0.15) is 0 Å². The van der Waals surface area contributed by atoms with Gasteiger partial charge in [-0.15, -0.1) is 0 Å². The SMILES string of the molecule is C[C@H]1OC[C@]2(c3cc(-c4cccnc4)ccc3F)N=C(N)SC[C@H]12. The summed E-state index contributed by atoms with van der Waals surface area (Å²) in [5, 5.41) is 0.495. The Labute approximate surface area is 144 Å². The van der Waals surface area contributed by atoms with Gasteiger partial charge in [0.1, 0.15) is 11.4 Å². The lowest BCUT2D eigenvalue weighted by atomic mass is 9.78. The average molecular weight is 343 g/mol. The molecular weight excluding hydrogens is 325 g/mol. The summed E-state index contributed by atoms with van der Waals surface area (Å²) in [5.74, 6) is 0.620. The Morgan fingerprint density at radius 3 is 3.00 bits per heavy atom. The van der Waals surface area contributed by atoms with E-state index < -0.39 is 5.54 Å². The van der Waals surface area contributed by atoms with E-state index in [1.165, 1.54) is 17.8 Å². The van der Waals surface area contributed by atoms with Crippen molar-refractivity contribution in [1.82, 2.24) is 4.98 Å². The summed E-state index contributed by atoms with van der Waals surface area (Å²) >= 11 is 1.51. The van der Waals surface area contributed by atoms with Crippen molar-refractivity contribution in [3.8, 4) is 11.1 Å². The fourth-order valence-corrected chi connectivity index (χ4v) is 4.69. The average Bonchev–Trinajstić information content (AvgIpc) is 2.93. The van der Waals surface area contributed by atoms with Crippen molar-refractivity contribution in [2.45, 2.75) is 18.6 Å². The molecule has 0 aliphatic carbocycles. The molecule has 124 valence electrons. The van der Waals surface area contributed by atoms with Crippen molar-refractivity contribution in [2.24, 2.45) is 16.6 Å². The minimum absolute atomic E-state index is 0.0239. The molecule has 1 aromatic heterocycles. The lowest BCUT2D eigenvalue weighted by Gasteiger charge is -2.35. The molecule has 24 heavy (non-hydrogen) atoms. The largest absolute Gasteiger partial charge is 0.379 e. The minimum Gasteiger partial charge on any atom is -0.379 e. The predicted octanol–water partition coefficient (Wildman–Crippen LogP) is 3.18. The normalized spacial score (nSPS) is 29.2. The molecule has 0 saturated carbocycles. The van der Waals surface area contributed by atoms with E-state index in [1.807, 2.05) is 25.1 Å². The third-order valence-corrected chi connectivity index (χ3v) is 5.81. The van der Waals surface area contributed by atoms with Crippen LogP contribution in [-0.4, -0.2) is 28.6 Å². The molecule has 6 heteroatoms. The van der Waals surface area contributed by atoms with Crippen LogP contribution in [0.4, 0.5) is 4.39 Å². The summed E-state index contributed by atoms with van der Waals surface area (Å²) in [6.07, 6.45) is 3.52. The molecule has 2 aromatic rings. The summed E-state index contributed by atoms with van der Waals surface area (Å²) in [6, 6.07) is 8.97. The van der Waals surface area contributed by atoms with E-state index >= 15 is 0 Å². The summed E-state index contributed by atoms with van der Waals surface area (Å²) in [6.45, 7) is 2.38. The number of aromatic nitrogens is 1. The zero-order valence-corrected chi connectivity index (χ0v) is 14.1. The number of nitrogens with two attached hydrogens (primary N) is 1. The minimum atomic E-state index is -0.739. The molecule has 0 bridgehead atoms. The number of pyridine rings is 1. The van der Waals surface area contributed by atoms with Crippen molar-refractivity contribution in [1.29, 1.82) is 0 Å². The van der Waals surface area contributed by atoms with Gasteiger partial charge in [0, 0.05) is 35.2 Å². The molecule has 3 atom stereocenters. The fraction of sp³-hybridized carbons (Fsp3) is 0.333. The van der Waals surface area contributed by atoms with E-state index in [1.54, 1.807) is 18.5 Å². The highest BCUT2D eigenvalue weighted by molar-refractivity contribution is 8.13. The Morgan fingerprint density at radius 1 is 1.33 bits per heavy atom. The van der Waals surface area contributed by atoms with Gasteiger partial charge in [-0.3, -0.25) is 4.98 Å². The van der Waals surface area contributed by atoms with E-state index in [0.29, 0.717) is 17.3 Å². The fourth-order valence-electron chi connectivity index (χ4n) is 3.57. The number of halogens is 1. The van der Waals surface area contributed by atoms with Gasteiger partial charge in [-0.25, -0.2) is 9.38 Å². The lowest BCUT2D eigenvalue weighted by Crippen LogP contribution is -2.41. The van der Waals surface area contributed by atoms with Crippen molar-refractivity contribution < 1.29 is 9.13 Å². The van der Waals surface area contributed by atoms with Crippen molar-refractivity contribution in [2.75, 3.05) is 12.4 Å². The molecule has 1 saturated heterocycles. The summed E-state index contributed by atoms with van der Waals surface area (Å²) in [4.78, 5) is 8.81. The molecule has 1 aromatic carbocycles. The Balaban J connectivity index is 1.87. The maximum Gasteiger partial charge on any atom is 0.154 e. The molecule has 1 fully saturated rings. The second-order valence-corrected chi connectivity index (χ2v) is 7.28. The first-order valence-corrected chi connectivity index (χ1v) is 8.89. The first-order chi connectivity index (χ1) is 11.6. The third-order valence-electron chi connectivity index (χ3n) is 4.89. The number of aliphatic imine (C=N–C) groups is 1. The molecule has 4 nitrogen and oxygen atoms in total. The molecule has 0 unspecified atom stereocenters. The molecule has 0 radical (unpaired) electrons. The standard InChI is InChI=1S/C18H18FN3OS/c1-11-15-9-24-17(20)22-18(15,10-23-11)14-7-12(4-5-16(14)19)13-3-2-6-21-8-13/h2-8,11,15H,9-10H2,1H3,(H2,20,22)/t11-,15-,18-/m1/s1. The van der Waals surface area contributed by atoms with Crippen molar-refractivity contribution >= 4 is 16.9 Å². The van der Waals surface area contributed by atoms with Crippen LogP contribution in [-0.2, 0) is 10.3 Å². The van der Waals surface area contributed by atoms with E-state index in [2.05, 4.69) is 9.98 Å². The molecule has 3 heterocycles. The number of thioether (sulfide) groups is 1. The van der Waals surface area contributed by atoms with E-state index in [4.69, 9.17) is 10.5 Å². The van der Waals surface area contributed by atoms with Gasteiger partial charge >= 0.3 is 0 Å². The van der Waals surface area contributed by atoms with Crippen LogP contribution in [0.5, 0.6) is 0 Å². The highest BCUT2D eigenvalue weighted by Gasteiger charge is 2.52. The second-order valence-electron chi connectivity index (χ2n) is 6.24.